The van der Waals surface area contributed by atoms with Gasteiger partial charge in [0.2, 0.25) is 5.91 Å². The Morgan fingerprint density at radius 1 is 1.35 bits per heavy atom. The first-order chi connectivity index (χ1) is 8.17. The molecule has 0 spiro atoms. The highest BCUT2D eigenvalue weighted by Crippen LogP contribution is 2.11. The average Bonchev–Trinajstić information content (AvgIpc) is 2.38. The summed E-state index contributed by atoms with van der Waals surface area (Å²) >= 11 is 0. The van der Waals surface area contributed by atoms with Crippen LogP contribution in [0.5, 0.6) is 0 Å². The molecule has 1 heterocycles. The summed E-state index contributed by atoms with van der Waals surface area (Å²) in [6, 6.07) is 0. The molecule has 4 nitrogen and oxygen atoms in total. The SMILES string of the molecule is CCN(CC(=O)N(C)CC)CC1CCCNC1. The highest BCUT2D eigenvalue weighted by molar-refractivity contribution is 5.77. The maximum Gasteiger partial charge on any atom is 0.236 e. The first-order valence-electron chi connectivity index (χ1n) is 6.84. The second-order valence-electron chi connectivity index (χ2n) is 4.95. The summed E-state index contributed by atoms with van der Waals surface area (Å²) in [7, 11) is 1.87. The van der Waals surface area contributed by atoms with Crippen LogP contribution >= 0.6 is 0 Å². The van der Waals surface area contributed by atoms with Crippen molar-refractivity contribution in [2.45, 2.75) is 26.7 Å². The molecule has 0 aromatic heterocycles. The Balaban J connectivity index is 2.34. The van der Waals surface area contributed by atoms with Crippen molar-refractivity contribution in [2.75, 3.05) is 46.3 Å². The van der Waals surface area contributed by atoms with Crippen LogP contribution in [0, 0.1) is 5.92 Å². The number of piperidine rings is 1. The second-order valence-corrected chi connectivity index (χ2v) is 4.95. The van der Waals surface area contributed by atoms with E-state index < -0.39 is 0 Å². The highest BCUT2D eigenvalue weighted by Gasteiger charge is 2.18. The number of amides is 1. The van der Waals surface area contributed by atoms with E-state index in [0.717, 1.165) is 32.7 Å². The quantitative estimate of drug-likeness (QED) is 0.747. The van der Waals surface area contributed by atoms with Crippen molar-refractivity contribution in [3.05, 3.63) is 0 Å². The summed E-state index contributed by atoms with van der Waals surface area (Å²) in [5.41, 5.74) is 0. The number of hydrogen-bond acceptors (Lipinski definition) is 3. The van der Waals surface area contributed by atoms with E-state index in [1.165, 1.54) is 12.8 Å². The standard InChI is InChI=1S/C13H27N3O/c1-4-15(3)13(17)11-16(5-2)10-12-7-6-8-14-9-12/h12,14H,4-11H2,1-3H3. The highest BCUT2D eigenvalue weighted by atomic mass is 16.2. The summed E-state index contributed by atoms with van der Waals surface area (Å²) in [4.78, 5) is 15.9. The van der Waals surface area contributed by atoms with Crippen LogP contribution in [0.4, 0.5) is 0 Å². The molecule has 100 valence electrons. The lowest BCUT2D eigenvalue weighted by Gasteiger charge is -2.30. The molecule has 1 saturated heterocycles. The van der Waals surface area contributed by atoms with Crippen molar-refractivity contribution in [2.24, 2.45) is 5.92 Å². The lowest BCUT2D eigenvalue weighted by molar-refractivity contribution is -0.131. The number of rotatable bonds is 6. The van der Waals surface area contributed by atoms with Gasteiger partial charge in [0, 0.05) is 20.1 Å². The van der Waals surface area contributed by atoms with Gasteiger partial charge in [0.25, 0.3) is 0 Å². The summed E-state index contributed by atoms with van der Waals surface area (Å²) in [6.07, 6.45) is 2.56. The molecule has 0 aromatic rings. The Kier molecular flexibility index (Phi) is 6.52. The van der Waals surface area contributed by atoms with Crippen LogP contribution < -0.4 is 5.32 Å². The van der Waals surface area contributed by atoms with Crippen LogP contribution in [0.2, 0.25) is 0 Å². The van der Waals surface area contributed by atoms with E-state index in [-0.39, 0.29) is 5.91 Å². The third kappa shape index (κ3) is 5.04. The molecular weight excluding hydrogens is 214 g/mol. The van der Waals surface area contributed by atoms with Crippen LogP contribution in [0.3, 0.4) is 0 Å². The van der Waals surface area contributed by atoms with Gasteiger partial charge in [0.05, 0.1) is 6.54 Å². The maximum atomic E-state index is 11.9. The Bertz CT molecular complexity index is 227. The van der Waals surface area contributed by atoms with Gasteiger partial charge in [-0.05, 0) is 45.3 Å². The zero-order valence-electron chi connectivity index (χ0n) is 11.5. The minimum atomic E-state index is 0.234. The van der Waals surface area contributed by atoms with Gasteiger partial charge in [-0.2, -0.15) is 0 Å². The minimum Gasteiger partial charge on any atom is -0.345 e. The van der Waals surface area contributed by atoms with E-state index in [1.54, 1.807) is 4.90 Å². The molecule has 1 rings (SSSR count). The van der Waals surface area contributed by atoms with Gasteiger partial charge in [-0.1, -0.05) is 6.92 Å². The van der Waals surface area contributed by atoms with Gasteiger partial charge in [-0.25, -0.2) is 0 Å². The molecule has 0 aliphatic carbocycles. The smallest absolute Gasteiger partial charge is 0.236 e. The molecule has 1 aliphatic rings. The number of carbonyl (C=O) groups is 1. The average molecular weight is 241 g/mol. The Labute approximate surface area is 105 Å². The van der Waals surface area contributed by atoms with Crippen molar-refractivity contribution in [3.63, 3.8) is 0 Å². The zero-order chi connectivity index (χ0) is 12.7. The van der Waals surface area contributed by atoms with Crippen molar-refractivity contribution in [3.8, 4) is 0 Å². The Morgan fingerprint density at radius 3 is 2.65 bits per heavy atom. The molecule has 17 heavy (non-hydrogen) atoms. The molecule has 0 radical (unpaired) electrons. The first-order valence-corrected chi connectivity index (χ1v) is 6.84. The van der Waals surface area contributed by atoms with Gasteiger partial charge in [0.15, 0.2) is 0 Å². The number of hydrogen-bond donors (Lipinski definition) is 1. The molecule has 0 aromatic carbocycles. The summed E-state index contributed by atoms with van der Waals surface area (Å²) < 4.78 is 0. The molecule has 1 aliphatic heterocycles. The van der Waals surface area contributed by atoms with Crippen molar-refractivity contribution in [1.82, 2.24) is 15.1 Å². The molecule has 1 N–H and O–H groups in total. The molecule has 0 saturated carbocycles. The number of likely N-dealkylation sites (N-methyl/N-ethyl adjacent to an activating group) is 2. The maximum absolute atomic E-state index is 11.9. The van der Waals surface area contributed by atoms with Crippen LogP contribution in [0.1, 0.15) is 26.7 Å². The first kappa shape index (κ1) is 14.5. The fraction of sp³-hybridized carbons (Fsp3) is 0.923. The molecule has 1 amide bonds. The fourth-order valence-electron chi connectivity index (χ4n) is 2.24. The molecule has 1 fully saturated rings. The van der Waals surface area contributed by atoms with Crippen molar-refractivity contribution in [1.29, 1.82) is 0 Å². The van der Waals surface area contributed by atoms with Crippen LogP contribution in [0.15, 0.2) is 0 Å². The monoisotopic (exact) mass is 241 g/mol. The van der Waals surface area contributed by atoms with E-state index >= 15 is 0 Å². The number of nitrogens with one attached hydrogen (secondary N) is 1. The predicted octanol–water partition coefficient (Wildman–Crippen LogP) is 0.786. The minimum absolute atomic E-state index is 0.234. The van der Waals surface area contributed by atoms with Crippen LogP contribution in [0.25, 0.3) is 0 Å². The van der Waals surface area contributed by atoms with Gasteiger partial charge in [-0.15, -0.1) is 0 Å². The molecule has 0 bridgehead atoms. The van der Waals surface area contributed by atoms with E-state index in [1.807, 2.05) is 14.0 Å². The lowest BCUT2D eigenvalue weighted by Crippen LogP contribution is -2.43. The summed E-state index contributed by atoms with van der Waals surface area (Å²) in [5.74, 6) is 0.946. The molecule has 4 heteroatoms. The zero-order valence-corrected chi connectivity index (χ0v) is 11.5. The second kappa shape index (κ2) is 7.67. The molecule has 1 unspecified atom stereocenters. The number of nitrogens with zero attached hydrogens (tertiary/aromatic N) is 2. The van der Waals surface area contributed by atoms with E-state index in [9.17, 15) is 4.79 Å². The van der Waals surface area contributed by atoms with Gasteiger partial charge >= 0.3 is 0 Å². The Hall–Kier alpha value is -0.610. The summed E-state index contributed by atoms with van der Waals surface area (Å²) in [6.45, 7) is 9.77. The van der Waals surface area contributed by atoms with Crippen molar-refractivity contribution < 1.29 is 4.79 Å². The molecular formula is C13H27N3O. The lowest BCUT2D eigenvalue weighted by atomic mass is 9.99. The van der Waals surface area contributed by atoms with Crippen LogP contribution in [-0.2, 0) is 4.79 Å². The van der Waals surface area contributed by atoms with E-state index in [4.69, 9.17) is 0 Å². The number of carbonyl (C=O) groups excluding carboxylic acids is 1. The van der Waals surface area contributed by atoms with E-state index in [0.29, 0.717) is 12.5 Å². The van der Waals surface area contributed by atoms with E-state index in [2.05, 4.69) is 17.1 Å². The third-order valence-electron chi connectivity index (χ3n) is 3.62. The normalized spacial score (nSPS) is 20.6. The third-order valence-corrected chi connectivity index (χ3v) is 3.62. The van der Waals surface area contributed by atoms with Crippen molar-refractivity contribution >= 4 is 5.91 Å². The summed E-state index contributed by atoms with van der Waals surface area (Å²) in [5, 5.41) is 3.43. The van der Waals surface area contributed by atoms with Crippen LogP contribution in [-0.4, -0.2) is 62.0 Å². The predicted molar refractivity (Wildman–Crippen MR) is 71.0 cm³/mol. The fourth-order valence-corrected chi connectivity index (χ4v) is 2.24. The topological polar surface area (TPSA) is 35.6 Å². The largest absolute Gasteiger partial charge is 0.345 e. The Morgan fingerprint density at radius 2 is 2.12 bits per heavy atom. The van der Waals surface area contributed by atoms with Gasteiger partial charge in [-0.3, -0.25) is 9.69 Å². The van der Waals surface area contributed by atoms with Gasteiger partial charge in [0.1, 0.15) is 0 Å². The molecule has 1 atom stereocenters. The van der Waals surface area contributed by atoms with Gasteiger partial charge < -0.3 is 10.2 Å².